The highest BCUT2D eigenvalue weighted by molar-refractivity contribution is 6.39. The zero-order valence-corrected chi connectivity index (χ0v) is 30.2. The molecule has 0 saturated carbocycles. The summed E-state index contributed by atoms with van der Waals surface area (Å²) in [6.07, 6.45) is 2.65. The van der Waals surface area contributed by atoms with Gasteiger partial charge in [0.1, 0.15) is 11.5 Å². The number of hydrogen-bond donors (Lipinski definition) is 4. The van der Waals surface area contributed by atoms with Gasteiger partial charge in [0.25, 0.3) is 0 Å². The zero-order valence-electron chi connectivity index (χ0n) is 27.9. The Morgan fingerprint density at radius 1 is 0.940 bits per heavy atom. The van der Waals surface area contributed by atoms with Gasteiger partial charge < -0.3 is 30.5 Å². The summed E-state index contributed by atoms with van der Waals surface area (Å²) >= 11 is 21.0. The average Bonchev–Trinajstić information content (AvgIpc) is 3.53. The number of methoxy groups -OCH3 is 2. The molecule has 0 aliphatic carbocycles. The number of aliphatic hydroxyl groups is 1. The van der Waals surface area contributed by atoms with Gasteiger partial charge in [0.15, 0.2) is 0 Å². The van der Waals surface area contributed by atoms with Gasteiger partial charge in [-0.25, -0.2) is 4.98 Å². The largest absolute Gasteiger partial charge is 0.496 e. The first-order chi connectivity index (χ1) is 24.2. The Balaban J connectivity index is 1.28. The fourth-order valence-corrected chi connectivity index (χ4v) is 7.19. The van der Waals surface area contributed by atoms with Crippen LogP contribution in [0.25, 0.3) is 44.5 Å². The number of rotatable bonds is 13. The fourth-order valence-electron chi connectivity index (χ4n) is 6.26. The standard InChI is InChI=1S/C38H38Cl3N5O4/c1-21(47)17-42-19-24-15-30(39)37-29(38(24)50-3)10-11-31(46-37)28-6-4-5-26(34(28)40)27-13-14-44-36(35(27)41)22-7-8-23(32(16-22)49-2)18-43-20-25-9-12-33(48)45-25/h4-8,10-11,13-16,21,25,42-43,47H,9,12,17-20H2,1-3H3,(H,45,48)/t21?,25-/m0/s1. The van der Waals surface area contributed by atoms with Crippen molar-refractivity contribution in [3.63, 3.8) is 0 Å². The number of carbonyl (C=O) groups is 1. The van der Waals surface area contributed by atoms with E-state index in [-0.39, 0.29) is 11.9 Å². The van der Waals surface area contributed by atoms with Crippen LogP contribution in [0.15, 0.2) is 66.9 Å². The molecule has 6 rings (SSSR count). The molecule has 1 aliphatic rings. The molecule has 1 aliphatic heterocycles. The van der Waals surface area contributed by atoms with Gasteiger partial charge in [-0.1, -0.05) is 65.1 Å². The highest BCUT2D eigenvalue weighted by Crippen LogP contribution is 2.43. The van der Waals surface area contributed by atoms with Crippen LogP contribution in [-0.2, 0) is 17.9 Å². The van der Waals surface area contributed by atoms with E-state index < -0.39 is 6.10 Å². The number of fused-ring (bicyclic) bond motifs is 1. The molecule has 3 aromatic carbocycles. The van der Waals surface area contributed by atoms with Gasteiger partial charge in [-0.15, -0.1) is 0 Å². The van der Waals surface area contributed by atoms with Gasteiger partial charge >= 0.3 is 0 Å². The first kappa shape index (κ1) is 35.9. The Hall–Kier alpha value is -3.96. The maximum absolute atomic E-state index is 11.5. The summed E-state index contributed by atoms with van der Waals surface area (Å²) in [6, 6.07) is 19.3. The minimum atomic E-state index is -0.474. The highest BCUT2D eigenvalue weighted by Gasteiger charge is 2.21. The van der Waals surface area contributed by atoms with Crippen molar-refractivity contribution in [1.29, 1.82) is 0 Å². The maximum atomic E-state index is 11.5. The molecule has 5 aromatic rings. The van der Waals surface area contributed by atoms with Crippen LogP contribution in [0.2, 0.25) is 15.1 Å². The number of amides is 1. The van der Waals surface area contributed by atoms with Crippen molar-refractivity contribution >= 4 is 51.6 Å². The monoisotopic (exact) mass is 733 g/mol. The number of carbonyl (C=O) groups excluding carboxylic acids is 1. The van der Waals surface area contributed by atoms with E-state index in [0.29, 0.717) is 81.6 Å². The number of aliphatic hydroxyl groups excluding tert-OH is 1. The lowest BCUT2D eigenvalue weighted by molar-refractivity contribution is -0.119. The smallest absolute Gasteiger partial charge is 0.220 e. The second-order valence-electron chi connectivity index (χ2n) is 12.3. The quantitative estimate of drug-likeness (QED) is 0.0987. The van der Waals surface area contributed by atoms with Crippen LogP contribution in [0.5, 0.6) is 11.5 Å². The van der Waals surface area contributed by atoms with Crippen molar-refractivity contribution < 1.29 is 19.4 Å². The minimum absolute atomic E-state index is 0.100. The van der Waals surface area contributed by atoms with E-state index in [1.54, 1.807) is 27.3 Å². The van der Waals surface area contributed by atoms with E-state index >= 15 is 0 Å². The summed E-state index contributed by atoms with van der Waals surface area (Å²) in [4.78, 5) is 21.1. The van der Waals surface area contributed by atoms with Crippen LogP contribution in [0, 0.1) is 0 Å². The second kappa shape index (κ2) is 15.9. The Morgan fingerprint density at radius 3 is 2.46 bits per heavy atom. The van der Waals surface area contributed by atoms with Crippen LogP contribution < -0.4 is 25.4 Å². The van der Waals surface area contributed by atoms with Gasteiger partial charge in [-0.3, -0.25) is 9.78 Å². The van der Waals surface area contributed by atoms with E-state index in [4.69, 9.17) is 49.3 Å². The van der Waals surface area contributed by atoms with Gasteiger partial charge in [0, 0.05) is 83.6 Å². The minimum Gasteiger partial charge on any atom is -0.496 e. The summed E-state index contributed by atoms with van der Waals surface area (Å²) in [5.74, 6) is 1.47. The molecular formula is C38H38Cl3N5O4. The maximum Gasteiger partial charge on any atom is 0.220 e. The van der Waals surface area contributed by atoms with Crippen molar-refractivity contribution in [3.05, 3.63) is 93.1 Å². The lowest BCUT2D eigenvalue weighted by Crippen LogP contribution is -2.35. The molecule has 0 spiro atoms. The Labute approximate surface area is 306 Å². The first-order valence-electron chi connectivity index (χ1n) is 16.3. The first-order valence-corrected chi connectivity index (χ1v) is 17.5. The molecule has 260 valence electrons. The molecule has 3 heterocycles. The molecule has 4 N–H and O–H groups in total. The number of pyridine rings is 2. The van der Waals surface area contributed by atoms with Crippen LogP contribution in [-0.4, -0.2) is 60.4 Å². The summed E-state index contributed by atoms with van der Waals surface area (Å²) in [5, 5.41) is 21.4. The third kappa shape index (κ3) is 7.68. The Morgan fingerprint density at radius 2 is 1.72 bits per heavy atom. The predicted molar refractivity (Wildman–Crippen MR) is 200 cm³/mol. The Bertz CT molecular complexity index is 2040. The van der Waals surface area contributed by atoms with Crippen molar-refractivity contribution in [2.45, 2.75) is 45.0 Å². The second-order valence-corrected chi connectivity index (χ2v) is 13.4. The number of ether oxygens (including phenoxy) is 2. The molecule has 50 heavy (non-hydrogen) atoms. The summed E-state index contributed by atoms with van der Waals surface area (Å²) in [7, 11) is 3.25. The molecule has 1 amide bonds. The molecule has 2 atom stereocenters. The molecule has 1 saturated heterocycles. The normalized spacial score (nSPS) is 14.9. The van der Waals surface area contributed by atoms with Gasteiger partial charge in [-0.05, 0) is 43.7 Å². The predicted octanol–water partition coefficient (Wildman–Crippen LogP) is 7.45. The molecule has 12 heteroatoms. The third-order valence-corrected chi connectivity index (χ3v) is 9.80. The van der Waals surface area contributed by atoms with Crippen molar-refractivity contribution in [2.24, 2.45) is 0 Å². The molecule has 2 aromatic heterocycles. The molecule has 9 nitrogen and oxygen atoms in total. The summed E-state index contributed by atoms with van der Waals surface area (Å²) in [5.41, 5.74) is 6.64. The molecule has 0 bridgehead atoms. The van der Waals surface area contributed by atoms with E-state index in [1.807, 2.05) is 60.7 Å². The van der Waals surface area contributed by atoms with Gasteiger partial charge in [-0.2, -0.15) is 0 Å². The molecule has 1 unspecified atom stereocenters. The van der Waals surface area contributed by atoms with Crippen LogP contribution in [0.4, 0.5) is 0 Å². The number of nitrogens with zero attached hydrogens (tertiary/aromatic N) is 2. The van der Waals surface area contributed by atoms with Crippen LogP contribution in [0.3, 0.4) is 0 Å². The fraction of sp³-hybridized carbons (Fsp3) is 0.289. The average molecular weight is 735 g/mol. The SMILES string of the molecule is COc1cc(-c2nccc(-c3cccc(-c4ccc5c(OC)c(CNCC(C)O)cc(Cl)c5n4)c3Cl)c2Cl)ccc1CNC[C@@H]1CCC(=O)N1. The number of hydrogen-bond acceptors (Lipinski definition) is 8. The zero-order chi connectivity index (χ0) is 35.4. The molecule has 1 fully saturated rings. The third-order valence-electron chi connectivity index (χ3n) is 8.72. The number of aromatic nitrogens is 2. The van der Waals surface area contributed by atoms with E-state index in [2.05, 4.69) is 20.9 Å². The Kier molecular flexibility index (Phi) is 11.4. The van der Waals surface area contributed by atoms with Gasteiger partial charge in [0.2, 0.25) is 5.91 Å². The van der Waals surface area contributed by atoms with E-state index in [0.717, 1.165) is 39.6 Å². The molecular weight excluding hydrogens is 697 g/mol. The van der Waals surface area contributed by atoms with Crippen LogP contribution in [0.1, 0.15) is 30.9 Å². The van der Waals surface area contributed by atoms with Gasteiger partial charge in [0.05, 0.1) is 52.3 Å². The molecule has 0 radical (unpaired) electrons. The summed E-state index contributed by atoms with van der Waals surface area (Å²) in [6.45, 7) is 3.91. The number of nitrogens with one attached hydrogen (secondary N) is 3. The van der Waals surface area contributed by atoms with E-state index in [9.17, 15) is 9.90 Å². The van der Waals surface area contributed by atoms with E-state index in [1.165, 1.54) is 0 Å². The lowest BCUT2D eigenvalue weighted by atomic mass is 9.99. The number of halogens is 3. The van der Waals surface area contributed by atoms with Crippen molar-refractivity contribution in [3.8, 4) is 45.1 Å². The topological polar surface area (TPSA) is 118 Å². The highest BCUT2D eigenvalue weighted by atomic mass is 35.5. The van der Waals surface area contributed by atoms with Crippen molar-refractivity contribution in [2.75, 3.05) is 27.3 Å². The van der Waals surface area contributed by atoms with Crippen molar-refractivity contribution in [1.82, 2.24) is 25.9 Å². The number of benzene rings is 3. The summed E-state index contributed by atoms with van der Waals surface area (Å²) < 4.78 is 11.5. The van der Waals surface area contributed by atoms with Crippen LogP contribution >= 0.6 is 34.8 Å². The lowest BCUT2D eigenvalue weighted by Gasteiger charge is -2.16.